The average Bonchev–Trinajstić information content (AvgIpc) is 3.72. The third kappa shape index (κ3) is 4.91. The summed E-state index contributed by atoms with van der Waals surface area (Å²) in [6, 6.07) is 24.9. The Morgan fingerprint density at radius 3 is 2.28 bits per heavy atom. The minimum atomic E-state index is -0.0182. The lowest BCUT2D eigenvalue weighted by Gasteiger charge is -2.23. The highest BCUT2D eigenvalue weighted by Gasteiger charge is 2.35. The molecular weight excluding hydrogens is 454 g/mol. The van der Waals surface area contributed by atoms with Crippen LogP contribution in [0.3, 0.4) is 0 Å². The van der Waals surface area contributed by atoms with Crippen LogP contribution in [-0.4, -0.2) is 40.8 Å². The number of carbonyl (C=O) groups is 1. The first-order valence-corrected chi connectivity index (χ1v) is 12.0. The van der Waals surface area contributed by atoms with E-state index in [-0.39, 0.29) is 11.9 Å². The summed E-state index contributed by atoms with van der Waals surface area (Å²) in [6.45, 7) is 0.382. The molecular formula is C29H29N3O4. The van der Waals surface area contributed by atoms with Crippen molar-refractivity contribution in [3.8, 4) is 34.4 Å². The zero-order chi connectivity index (χ0) is 25.1. The first kappa shape index (κ1) is 23.5. The Kier molecular flexibility index (Phi) is 6.62. The maximum atomic E-state index is 13.6. The van der Waals surface area contributed by atoms with Crippen LogP contribution in [0.2, 0.25) is 0 Å². The van der Waals surface area contributed by atoms with Gasteiger partial charge in [-0.05, 0) is 49.2 Å². The van der Waals surface area contributed by atoms with E-state index in [0.29, 0.717) is 29.5 Å². The van der Waals surface area contributed by atoms with Crippen molar-refractivity contribution in [2.45, 2.75) is 25.4 Å². The molecule has 0 unspecified atom stereocenters. The number of rotatable bonds is 9. The zero-order valence-electron chi connectivity index (χ0n) is 20.7. The van der Waals surface area contributed by atoms with Crippen LogP contribution in [0.15, 0.2) is 78.9 Å². The van der Waals surface area contributed by atoms with E-state index in [2.05, 4.69) is 0 Å². The van der Waals surface area contributed by atoms with E-state index in [4.69, 9.17) is 19.3 Å². The molecule has 36 heavy (non-hydrogen) atoms. The second-order valence-electron chi connectivity index (χ2n) is 8.80. The van der Waals surface area contributed by atoms with E-state index < -0.39 is 0 Å². The molecule has 0 bridgehead atoms. The third-order valence-electron chi connectivity index (χ3n) is 6.30. The second-order valence-corrected chi connectivity index (χ2v) is 8.80. The molecule has 1 aromatic heterocycles. The molecule has 0 atom stereocenters. The smallest absolute Gasteiger partial charge is 0.254 e. The lowest BCUT2D eigenvalue weighted by atomic mass is 10.1. The van der Waals surface area contributed by atoms with Crippen LogP contribution < -0.4 is 14.2 Å². The van der Waals surface area contributed by atoms with Crippen molar-refractivity contribution in [3.05, 3.63) is 90.0 Å². The number of ether oxygens (including phenoxy) is 3. The normalized spacial score (nSPS) is 12.8. The molecule has 1 aliphatic carbocycles. The molecule has 7 heteroatoms. The number of hydrogen-bond acceptors (Lipinski definition) is 5. The van der Waals surface area contributed by atoms with Crippen LogP contribution >= 0.6 is 0 Å². The maximum absolute atomic E-state index is 13.6. The van der Waals surface area contributed by atoms with Gasteiger partial charge in [0.1, 0.15) is 22.9 Å². The van der Waals surface area contributed by atoms with E-state index >= 15 is 0 Å². The van der Waals surface area contributed by atoms with Gasteiger partial charge in [-0.15, -0.1) is 0 Å². The van der Waals surface area contributed by atoms with Crippen molar-refractivity contribution in [1.29, 1.82) is 0 Å². The molecule has 1 amide bonds. The monoisotopic (exact) mass is 483 g/mol. The highest BCUT2D eigenvalue weighted by Crippen LogP contribution is 2.38. The van der Waals surface area contributed by atoms with E-state index in [0.717, 1.165) is 35.4 Å². The lowest BCUT2D eigenvalue weighted by molar-refractivity contribution is 0.0729. The van der Waals surface area contributed by atoms with Gasteiger partial charge in [0.15, 0.2) is 0 Å². The van der Waals surface area contributed by atoms with Crippen LogP contribution in [0.25, 0.3) is 11.3 Å². The summed E-state index contributed by atoms with van der Waals surface area (Å²) >= 11 is 0. The number of methoxy groups -OCH3 is 2. The Labute approximate surface area is 210 Å². The quantitative estimate of drug-likeness (QED) is 0.305. The van der Waals surface area contributed by atoms with Crippen molar-refractivity contribution in [2.24, 2.45) is 7.05 Å². The Morgan fingerprint density at radius 1 is 0.917 bits per heavy atom. The molecule has 184 valence electrons. The number of benzene rings is 3. The van der Waals surface area contributed by atoms with Crippen LogP contribution in [0, 0.1) is 0 Å². The predicted octanol–water partition coefficient (Wildman–Crippen LogP) is 5.70. The summed E-state index contributed by atoms with van der Waals surface area (Å²) < 4.78 is 18.7. The van der Waals surface area contributed by atoms with E-state index in [1.807, 2.05) is 90.8 Å². The van der Waals surface area contributed by atoms with Gasteiger partial charge >= 0.3 is 0 Å². The van der Waals surface area contributed by atoms with Gasteiger partial charge in [0.2, 0.25) is 5.88 Å². The van der Waals surface area contributed by atoms with Gasteiger partial charge in [0.25, 0.3) is 5.91 Å². The van der Waals surface area contributed by atoms with Crippen molar-refractivity contribution in [1.82, 2.24) is 14.7 Å². The predicted molar refractivity (Wildman–Crippen MR) is 138 cm³/mol. The van der Waals surface area contributed by atoms with Gasteiger partial charge < -0.3 is 19.1 Å². The molecule has 1 saturated carbocycles. The van der Waals surface area contributed by atoms with Crippen LogP contribution in [0.5, 0.6) is 23.1 Å². The molecule has 1 heterocycles. The number of aryl methyl sites for hydroxylation is 1. The zero-order valence-corrected chi connectivity index (χ0v) is 20.7. The van der Waals surface area contributed by atoms with E-state index in [1.165, 1.54) is 0 Å². The van der Waals surface area contributed by atoms with Crippen molar-refractivity contribution in [2.75, 3.05) is 14.2 Å². The fourth-order valence-electron chi connectivity index (χ4n) is 4.25. The largest absolute Gasteiger partial charge is 0.497 e. The number of aromatic nitrogens is 2. The first-order valence-electron chi connectivity index (χ1n) is 12.0. The van der Waals surface area contributed by atoms with Crippen molar-refractivity contribution >= 4 is 5.91 Å². The minimum Gasteiger partial charge on any atom is -0.497 e. The van der Waals surface area contributed by atoms with Gasteiger partial charge in [-0.25, -0.2) is 4.68 Å². The number of hydrogen-bond donors (Lipinski definition) is 0. The number of carbonyl (C=O) groups excluding carboxylic acids is 1. The van der Waals surface area contributed by atoms with Crippen LogP contribution in [0.1, 0.15) is 28.8 Å². The number of amides is 1. The topological polar surface area (TPSA) is 65.8 Å². The maximum Gasteiger partial charge on any atom is 0.254 e. The molecule has 0 radical (unpaired) electrons. The van der Waals surface area contributed by atoms with Gasteiger partial charge in [-0.2, -0.15) is 5.10 Å². The average molecular weight is 484 g/mol. The standard InChI is InChI=1S/C29H29N3O4/c1-31-29(36-25-11-7-10-24(18-25)35-3)26(27(30-31)20-8-5-4-6-9-20)19-32(22-14-15-22)28(33)21-12-16-23(34-2)17-13-21/h4-13,16-18,22H,14-15,19H2,1-3H3. The molecule has 7 nitrogen and oxygen atoms in total. The fourth-order valence-corrected chi connectivity index (χ4v) is 4.25. The van der Waals surface area contributed by atoms with E-state index in [9.17, 15) is 4.79 Å². The van der Waals surface area contributed by atoms with Gasteiger partial charge in [-0.3, -0.25) is 4.79 Å². The SMILES string of the molecule is COc1ccc(C(=O)N(Cc2c(-c3ccccc3)nn(C)c2Oc2cccc(OC)c2)C2CC2)cc1. The second kappa shape index (κ2) is 10.2. The lowest BCUT2D eigenvalue weighted by Crippen LogP contribution is -2.32. The molecule has 0 N–H and O–H groups in total. The first-order chi connectivity index (χ1) is 17.6. The highest BCUT2D eigenvalue weighted by molar-refractivity contribution is 5.95. The molecule has 1 aliphatic rings. The Balaban J connectivity index is 1.54. The minimum absolute atomic E-state index is 0.0182. The molecule has 0 aliphatic heterocycles. The molecule has 4 aromatic rings. The Morgan fingerprint density at radius 2 is 1.61 bits per heavy atom. The molecule has 0 saturated heterocycles. The van der Waals surface area contributed by atoms with Crippen molar-refractivity contribution in [3.63, 3.8) is 0 Å². The van der Waals surface area contributed by atoms with Crippen LogP contribution in [-0.2, 0) is 13.6 Å². The molecule has 3 aromatic carbocycles. The summed E-state index contributed by atoms with van der Waals surface area (Å²) in [5.41, 5.74) is 3.25. The fraction of sp³-hybridized carbons (Fsp3) is 0.241. The number of nitrogens with zero attached hydrogens (tertiary/aromatic N) is 3. The summed E-state index contributed by atoms with van der Waals surface area (Å²) in [4.78, 5) is 15.6. The van der Waals surface area contributed by atoms with Gasteiger partial charge in [0.05, 0.1) is 26.3 Å². The summed E-state index contributed by atoms with van der Waals surface area (Å²) in [5, 5.41) is 4.81. The highest BCUT2D eigenvalue weighted by atomic mass is 16.5. The van der Waals surface area contributed by atoms with E-state index in [1.54, 1.807) is 18.9 Å². The van der Waals surface area contributed by atoms with Crippen molar-refractivity contribution < 1.29 is 19.0 Å². The Hall–Kier alpha value is -4.26. The molecule has 0 spiro atoms. The molecule has 1 fully saturated rings. The summed E-state index contributed by atoms with van der Waals surface area (Å²) in [6.07, 6.45) is 1.96. The Bertz CT molecular complexity index is 1340. The third-order valence-corrected chi connectivity index (χ3v) is 6.30. The van der Waals surface area contributed by atoms with Gasteiger partial charge in [0, 0.05) is 30.3 Å². The van der Waals surface area contributed by atoms with Gasteiger partial charge in [-0.1, -0.05) is 36.4 Å². The van der Waals surface area contributed by atoms with Crippen LogP contribution in [0.4, 0.5) is 0 Å². The molecule has 5 rings (SSSR count). The summed E-state index contributed by atoms with van der Waals surface area (Å²) in [7, 11) is 5.10. The summed E-state index contributed by atoms with van der Waals surface area (Å²) in [5.74, 6) is 2.63.